The van der Waals surface area contributed by atoms with Crippen molar-refractivity contribution in [2.45, 2.75) is 18.8 Å². The minimum absolute atomic E-state index is 0.175. The summed E-state index contributed by atoms with van der Waals surface area (Å²) in [5, 5.41) is 18.6. The first kappa shape index (κ1) is 23.4. The Morgan fingerprint density at radius 1 is 1.08 bits per heavy atom. The molecule has 1 aromatic carbocycles. The van der Waals surface area contributed by atoms with Crippen molar-refractivity contribution in [2.75, 3.05) is 18.0 Å². The number of fused-ring (bicyclic) bond motifs is 1. The third kappa shape index (κ3) is 4.06. The minimum atomic E-state index is -1.00. The maximum atomic E-state index is 11.3. The van der Waals surface area contributed by atoms with Gasteiger partial charge in [-0.3, -0.25) is 4.98 Å². The van der Waals surface area contributed by atoms with E-state index in [9.17, 15) is 9.90 Å². The molecular weight excluding hydrogens is 529 g/mol. The quantitative estimate of drug-likeness (QED) is 0.293. The molecule has 3 fully saturated rings. The van der Waals surface area contributed by atoms with Crippen molar-refractivity contribution in [1.82, 2.24) is 20.3 Å². The molecule has 3 aromatic heterocycles. The van der Waals surface area contributed by atoms with Crippen LogP contribution in [-0.2, 0) is 0 Å². The molecule has 192 valence electrons. The number of benzene rings is 1. The number of nitrogens with zero attached hydrogens (tertiary/aromatic N) is 5. The number of rotatable bonds is 7. The van der Waals surface area contributed by atoms with E-state index in [1.807, 2.05) is 0 Å². The number of carboxylic acid groups (broad SMARTS) is 1. The summed E-state index contributed by atoms with van der Waals surface area (Å²) in [4.78, 5) is 22.0. The summed E-state index contributed by atoms with van der Waals surface area (Å²) in [6.07, 6.45) is 9.66. The standard InChI is InChI=1S/C27H21Cl2N5O4/c28-20-9-30-10-21(29)22(20)23-17(24(37-32-23)13-4-5-13)7-6-16-18-11-34(12-19(16)18)27-31-25(38-33-27)14-2-1-3-15(8-14)26(35)36/h1-3,6-10,13,16,18-19H,4-5,11-12H2,(H,35,36)/b7-6+. The highest BCUT2D eigenvalue weighted by atomic mass is 35.5. The van der Waals surface area contributed by atoms with Crippen molar-refractivity contribution in [3.8, 4) is 22.7 Å². The number of anilines is 1. The van der Waals surface area contributed by atoms with Gasteiger partial charge in [0, 0.05) is 48.1 Å². The van der Waals surface area contributed by atoms with Gasteiger partial charge < -0.3 is 19.1 Å². The van der Waals surface area contributed by atoms with Crippen LogP contribution in [0.3, 0.4) is 0 Å². The van der Waals surface area contributed by atoms with Crippen molar-refractivity contribution in [3.05, 3.63) is 69.7 Å². The van der Waals surface area contributed by atoms with Gasteiger partial charge in [-0.05, 0) is 54.0 Å². The number of piperidine rings is 1. The third-order valence-electron chi connectivity index (χ3n) is 7.59. The van der Waals surface area contributed by atoms with Crippen molar-refractivity contribution in [2.24, 2.45) is 17.8 Å². The Labute approximate surface area is 227 Å². The van der Waals surface area contributed by atoms with Gasteiger partial charge in [-0.15, -0.1) is 0 Å². The molecule has 4 heterocycles. The summed E-state index contributed by atoms with van der Waals surface area (Å²) in [6, 6.07) is 6.48. The number of aromatic carboxylic acids is 1. The van der Waals surface area contributed by atoms with Gasteiger partial charge in [-0.2, -0.15) is 4.98 Å². The molecule has 9 nitrogen and oxygen atoms in total. The Morgan fingerprint density at radius 2 is 1.84 bits per heavy atom. The van der Waals surface area contributed by atoms with Gasteiger partial charge in [-0.25, -0.2) is 4.79 Å². The highest BCUT2D eigenvalue weighted by Crippen LogP contribution is 2.54. The molecule has 0 spiro atoms. The number of halogens is 2. The normalized spacial score (nSPS) is 22.3. The zero-order chi connectivity index (χ0) is 26.0. The molecule has 7 rings (SSSR count). The fourth-order valence-electron chi connectivity index (χ4n) is 5.40. The van der Waals surface area contributed by atoms with Crippen LogP contribution < -0.4 is 4.90 Å². The second kappa shape index (κ2) is 8.96. The highest BCUT2D eigenvalue weighted by Gasteiger charge is 2.55. The van der Waals surface area contributed by atoms with Gasteiger partial charge >= 0.3 is 5.97 Å². The molecule has 4 aromatic rings. The smallest absolute Gasteiger partial charge is 0.335 e. The van der Waals surface area contributed by atoms with E-state index >= 15 is 0 Å². The first-order chi connectivity index (χ1) is 18.5. The lowest BCUT2D eigenvalue weighted by atomic mass is 10.0. The van der Waals surface area contributed by atoms with Gasteiger partial charge in [0.25, 0.3) is 11.8 Å². The van der Waals surface area contributed by atoms with Crippen LogP contribution in [0.2, 0.25) is 10.0 Å². The van der Waals surface area contributed by atoms with E-state index in [0.717, 1.165) is 37.3 Å². The van der Waals surface area contributed by atoms with E-state index in [1.165, 1.54) is 12.1 Å². The molecule has 38 heavy (non-hydrogen) atoms. The van der Waals surface area contributed by atoms with Crippen LogP contribution in [-0.4, -0.2) is 44.4 Å². The molecule has 0 amide bonds. The molecule has 2 unspecified atom stereocenters. The summed E-state index contributed by atoms with van der Waals surface area (Å²) in [6.45, 7) is 1.64. The molecule has 1 N–H and O–H groups in total. The second-order valence-corrected chi connectivity index (χ2v) is 10.8. The van der Waals surface area contributed by atoms with Gasteiger partial charge in [0.2, 0.25) is 0 Å². The minimum Gasteiger partial charge on any atom is -0.478 e. The van der Waals surface area contributed by atoms with Crippen LogP contribution in [0.25, 0.3) is 28.8 Å². The fraction of sp³-hybridized carbons (Fsp3) is 0.296. The van der Waals surface area contributed by atoms with Gasteiger partial charge in [0.15, 0.2) is 0 Å². The first-order valence-corrected chi connectivity index (χ1v) is 13.1. The number of hydrogen-bond acceptors (Lipinski definition) is 8. The summed E-state index contributed by atoms with van der Waals surface area (Å²) in [5.74, 6) is 2.51. The number of hydrogen-bond donors (Lipinski definition) is 1. The Morgan fingerprint density at radius 3 is 2.55 bits per heavy atom. The molecule has 3 aliphatic rings. The average Bonchev–Trinajstić information content (AvgIpc) is 3.64. The summed E-state index contributed by atoms with van der Waals surface area (Å²) in [7, 11) is 0. The molecule has 0 bridgehead atoms. The second-order valence-electron chi connectivity index (χ2n) is 10.0. The maximum absolute atomic E-state index is 11.3. The predicted octanol–water partition coefficient (Wildman–Crippen LogP) is 6.06. The zero-order valence-electron chi connectivity index (χ0n) is 19.9. The van der Waals surface area contributed by atoms with Crippen molar-refractivity contribution in [1.29, 1.82) is 0 Å². The fourth-order valence-corrected chi connectivity index (χ4v) is 5.95. The SMILES string of the molecule is O=C(O)c1cccc(-c2nc(N3CC4C(/C=C/c5c(-c6c(Cl)cncc6Cl)noc5C5CC5)C4C3)no2)c1. The van der Waals surface area contributed by atoms with Crippen molar-refractivity contribution in [3.63, 3.8) is 0 Å². The third-order valence-corrected chi connectivity index (χ3v) is 8.17. The molecule has 0 radical (unpaired) electrons. The molecule has 2 aliphatic carbocycles. The van der Waals surface area contributed by atoms with Crippen LogP contribution in [0.1, 0.15) is 40.4 Å². The van der Waals surface area contributed by atoms with Gasteiger partial charge in [-0.1, -0.05) is 46.6 Å². The zero-order valence-corrected chi connectivity index (χ0v) is 21.4. The van der Waals surface area contributed by atoms with Crippen LogP contribution in [0.5, 0.6) is 0 Å². The van der Waals surface area contributed by atoms with Gasteiger partial charge in [0.1, 0.15) is 11.5 Å². The molecule has 2 atom stereocenters. The van der Waals surface area contributed by atoms with E-state index < -0.39 is 5.97 Å². The molecule has 1 aliphatic heterocycles. The number of carbonyl (C=O) groups is 1. The Hall–Kier alpha value is -3.69. The Kier molecular flexibility index (Phi) is 5.52. The van der Waals surface area contributed by atoms with E-state index in [0.29, 0.717) is 62.4 Å². The largest absolute Gasteiger partial charge is 0.478 e. The molecule has 11 heteroatoms. The number of pyridine rings is 1. The lowest BCUT2D eigenvalue weighted by Gasteiger charge is -2.15. The predicted molar refractivity (Wildman–Crippen MR) is 140 cm³/mol. The van der Waals surface area contributed by atoms with E-state index in [4.69, 9.17) is 32.2 Å². The topological polar surface area (TPSA) is 118 Å². The summed E-state index contributed by atoms with van der Waals surface area (Å²) < 4.78 is 11.2. The Balaban J connectivity index is 1.07. The first-order valence-electron chi connectivity index (χ1n) is 12.4. The number of aromatic nitrogens is 4. The van der Waals surface area contributed by atoms with Crippen LogP contribution >= 0.6 is 23.2 Å². The monoisotopic (exact) mass is 549 g/mol. The summed E-state index contributed by atoms with van der Waals surface area (Å²) >= 11 is 12.9. The van der Waals surface area contributed by atoms with Gasteiger partial charge in [0.05, 0.1) is 15.6 Å². The number of carboxylic acids is 1. The Bertz CT molecular complexity index is 1560. The van der Waals surface area contributed by atoms with Crippen LogP contribution in [0, 0.1) is 17.8 Å². The average molecular weight is 550 g/mol. The lowest BCUT2D eigenvalue weighted by Crippen LogP contribution is -2.24. The summed E-state index contributed by atoms with van der Waals surface area (Å²) in [5.41, 5.74) is 2.99. The van der Waals surface area contributed by atoms with E-state index in [-0.39, 0.29) is 5.56 Å². The lowest BCUT2D eigenvalue weighted by molar-refractivity contribution is 0.0697. The van der Waals surface area contributed by atoms with Crippen molar-refractivity contribution >= 4 is 41.2 Å². The molecular formula is C27H21Cl2N5O4. The van der Waals surface area contributed by atoms with E-state index in [2.05, 4.69) is 37.3 Å². The maximum Gasteiger partial charge on any atom is 0.335 e. The van der Waals surface area contributed by atoms with Crippen molar-refractivity contribution < 1.29 is 18.9 Å². The molecule has 2 saturated carbocycles. The number of allylic oxidation sites excluding steroid dienone is 1. The van der Waals surface area contributed by atoms with Crippen LogP contribution in [0.15, 0.2) is 51.8 Å². The highest BCUT2D eigenvalue weighted by molar-refractivity contribution is 6.39. The molecule has 1 saturated heterocycles. The van der Waals surface area contributed by atoms with E-state index in [1.54, 1.807) is 24.5 Å². The van der Waals surface area contributed by atoms with Crippen LogP contribution in [0.4, 0.5) is 5.95 Å².